The van der Waals surface area contributed by atoms with Crippen LogP contribution in [0.25, 0.3) is 5.65 Å². The number of pyridine rings is 1. The minimum absolute atomic E-state index is 0.487. The Hall–Kier alpha value is -2.11. The number of aromatic nitrogens is 3. The highest BCUT2D eigenvalue weighted by Gasteiger charge is 2.34. The molecule has 0 aliphatic heterocycles. The molecule has 1 aliphatic carbocycles. The number of hydrogen-bond donors (Lipinski definition) is 2. The van der Waals surface area contributed by atoms with Gasteiger partial charge in [0.25, 0.3) is 0 Å². The van der Waals surface area contributed by atoms with Gasteiger partial charge < -0.3 is 10.6 Å². The van der Waals surface area contributed by atoms with Gasteiger partial charge in [0.1, 0.15) is 5.82 Å². The fraction of sp³-hybridized carbons (Fsp3) is 0.588. The van der Waals surface area contributed by atoms with Crippen molar-refractivity contribution in [3.05, 3.63) is 30.2 Å². The van der Waals surface area contributed by atoms with Crippen molar-refractivity contribution in [1.82, 2.24) is 25.2 Å². The van der Waals surface area contributed by atoms with Gasteiger partial charge in [-0.05, 0) is 36.8 Å². The van der Waals surface area contributed by atoms with E-state index in [-0.39, 0.29) is 0 Å². The number of nitrogens with zero attached hydrogens (tertiary/aromatic N) is 4. The van der Waals surface area contributed by atoms with Crippen molar-refractivity contribution in [1.29, 1.82) is 0 Å². The summed E-state index contributed by atoms with van der Waals surface area (Å²) in [7, 11) is 1.82. The van der Waals surface area contributed by atoms with E-state index < -0.39 is 0 Å². The minimum Gasteiger partial charge on any atom is -0.356 e. The SMILES string of the molecule is CCC1(CNC(=NC)NCCc2nnc3ccccn23)CCC1. The maximum Gasteiger partial charge on any atom is 0.191 e. The summed E-state index contributed by atoms with van der Waals surface area (Å²) in [6, 6.07) is 5.94. The molecule has 0 radical (unpaired) electrons. The molecule has 0 unspecified atom stereocenters. The molecule has 0 saturated heterocycles. The van der Waals surface area contributed by atoms with Gasteiger partial charge in [0, 0.05) is 32.8 Å². The van der Waals surface area contributed by atoms with Crippen molar-refractivity contribution in [3.8, 4) is 0 Å². The molecule has 1 fully saturated rings. The lowest BCUT2D eigenvalue weighted by Gasteiger charge is -2.41. The summed E-state index contributed by atoms with van der Waals surface area (Å²) in [5.74, 6) is 1.84. The van der Waals surface area contributed by atoms with Crippen molar-refractivity contribution >= 4 is 11.6 Å². The smallest absolute Gasteiger partial charge is 0.191 e. The number of guanidine groups is 1. The summed E-state index contributed by atoms with van der Waals surface area (Å²) in [5, 5.41) is 15.3. The highest BCUT2D eigenvalue weighted by molar-refractivity contribution is 5.79. The molecule has 6 heteroatoms. The Morgan fingerprint density at radius 3 is 2.87 bits per heavy atom. The molecule has 6 nitrogen and oxygen atoms in total. The van der Waals surface area contributed by atoms with E-state index in [1.165, 1.54) is 25.7 Å². The lowest BCUT2D eigenvalue weighted by atomic mass is 9.67. The average molecular weight is 314 g/mol. The van der Waals surface area contributed by atoms with E-state index in [0.29, 0.717) is 5.41 Å². The topological polar surface area (TPSA) is 66.6 Å². The molecule has 23 heavy (non-hydrogen) atoms. The van der Waals surface area contributed by atoms with Gasteiger partial charge in [-0.15, -0.1) is 10.2 Å². The summed E-state index contributed by atoms with van der Waals surface area (Å²) in [4.78, 5) is 4.32. The highest BCUT2D eigenvalue weighted by atomic mass is 15.2. The van der Waals surface area contributed by atoms with Gasteiger partial charge in [-0.3, -0.25) is 9.39 Å². The monoisotopic (exact) mass is 314 g/mol. The Morgan fingerprint density at radius 2 is 2.17 bits per heavy atom. The Labute approximate surface area is 137 Å². The van der Waals surface area contributed by atoms with Crippen molar-refractivity contribution in [3.63, 3.8) is 0 Å². The normalized spacial score (nSPS) is 17.0. The molecule has 2 aromatic heterocycles. The van der Waals surface area contributed by atoms with Crippen molar-refractivity contribution in [2.24, 2.45) is 10.4 Å². The van der Waals surface area contributed by atoms with Gasteiger partial charge in [-0.1, -0.05) is 19.4 Å². The number of rotatable bonds is 6. The molecule has 2 heterocycles. The second kappa shape index (κ2) is 6.98. The molecular weight excluding hydrogens is 288 g/mol. The third-order valence-electron chi connectivity index (χ3n) is 5.04. The van der Waals surface area contributed by atoms with Crippen LogP contribution in [0.15, 0.2) is 29.4 Å². The number of nitrogens with one attached hydrogen (secondary N) is 2. The van der Waals surface area contributed by atoms with Crippen LogP contribution >= 0.6 is 0 Å². The lowest BCUT2D eigenvalue weighted by molar-refractivity contribution is 0.131. The second-order valence-corrected chi connectivity index (χ2v) is 6.35. The van der Waals surface area contributed by atoms with Gasteiger partial charge in [0.15, 0.2) is 11.6 Å². The highest BCUT2D eigenvalue weighted by Crippen LogP contribution is 2.42. The van der Waals surface area contributed by atoms with E-state index in [4.69, 9.17) is 0 Å². The van der Waals surface area contributed by atoms with Crippen LogP contribution in [0.1, 0.15) is 38.4 Å². The van der Waals surface area contributed by atoms with Crippen LogP contribution in [0, 0.1) is 5.41 Å². The molecule has 2 N–H and O–H groups in total. The van der Waals surface area contributed by atoms with Gasteiger partial charge >= 0.3 is 0 Å². The first-order chi connectivity index (χ1) is 11.3. The van der Waals surface area contributed by atoms with Gasteiger partial charge in [-0.25, -0.2) is 0 Å². The first-order valence-corrected chi connectivity index (χ1v) is 8.49. The van der Waals surface area contributed by atoms with E-state index in [1.54, 1.807) is 0 Å². The second-order valence-electron chi connectivity index (χ2n) is 6.35. The van der Waals surface area contributed by atoms with Gasteiger partial charge in [0.05, 0.1) is 0 Å². The zero-order valence-corrected chi connectivity index (χ0v) is 14.0. The van der Waals surface area contributed by atoms with Crippen LogP contribution in [-0.4, -0.2) is 40.7 Å². The first kappa shape index (κ1) is 15.8. The van der Waals surface area contributed by atoms with Gasteiger partial charge in [0.2, 0.25) is 0 Å². The Bertz CT molecular complexity index is 665. The van der Waals surface area contributed by atoms with Gasteiger partial charge in [-0.2, -0.15) is 0 Å². The molecule has 0 atom stereocenters. The van der Waals surface area contributed by atoms with E-state index >= 15 is 0 Å². The Morgan fingerprint density at radius 1 is 1.30 bits per heavy atom. The first-order valence-electron chi connectivity index (χ1n) is 8.49. The number of aliphatic imine (C=N–C) groups is 1. The zero-order chi connectivity index (χ0) is 16.1. The molecule has 2 aromatic rings. The third kappa shape index (κ3) is 3.46. The van der Waals surface area contributed by atoms with E-state index in [2.05, 4.69) is 32.7 Å². The Balaban J connectivity index is 1.49. The molecule has 1 aliphatic rings. The molecular formula is C17H26N6. The fourth-order valence-corrected chi connectivity index (χ4v) is 3.18. The predicted octanol–water partition coefficient (Wildman–Crippen LogP) is 2.02. The van der Waals surface area contributed by atoms with Crippen LogP contribution in [0.5, 0.6) is 0 Å². The maximum atomic E-state index is 4.32. The zero-order valence-electron chi connectivity index (χ0n) is 14.0. The summed E-state index contributed by atoms with van der Waals surface area (Å²) in [6.07, 6.45) is 8.08. The van der Waals surface area contributed by atoms with E-state index in [0.717, 1.165) is 36.9 Å². The van der Waals surface area contributed by atoms with Crippen LogP contribution in [-0.2, 0) is 6.42 Å². The lowest BCUT2D eigenvalue weighted by Crippen LogP contribution is -2.46. The molecule has 124 valence electrons. The summed E-state index contributed by atoms with van der Waals surface area (Å²) in [6.45, 7) is 4.08. The molecule has 0 spiro atoms. The quantitative estimate of drug-likeness (QED) is 0.632. The predicted molar refractivity (Wildman–Crippen MR) is 92.6 cm³/mol. The largest absolute Gasteiger partial charge is 0.356 e. The molecule has 0 amide bonds. The fourth-order valence-electron chi connectivity index (χ4n) is 3.18. The molecule has 1 saturated carbocycles. The summed E-state index contributed by atoms with van der Waals surface area (Å²) in [5.41, 5.74) is 1.38. The summed E-state index contributed by atoms with van der Waals surface area (Å²) < 4.78 is 2.03. The van der Waals surface area contributed by atoms with Crippen molar-refractivity contribution in [2.75, 3.05) is 20.1 Å². The maximum absolute atomic E-state index is 4.32. The molecule has 0 bridgehead atoms. The molecule has 3 rings (SSSR count). The van der Waals surface area contributed by atoms with Crippen LogP contribution < -0.4 is 10.6 Å². The summed E-state index contributed by atoms with van der Waals surface area (Å²) >= 11 is 0. The third-order valence-corrected chi connectivity index (χ3v) is 5.04. The van der Waals surface area contributed by atoms with Crippen LogP contribution in [0.2, 0.25) is 0 Å². The number of fused-ring (bicyclic) bond motifs is 1. The van der Waals surface area contributed by atoms with E-state index in [9.17, 15) is 0 Å². The molecule has 0 aromatic carbocycles. The minimum atomic E-state index is 0.487. The van der Waals surface area contributed by atoms with Crippen molar-refractivity contribution in [2.45, 2.75) is 39.0 Å². The van der Waals surface area contributed by atoms with E-state index in [1.807, 2.05) is 35.8 Å². The van der Waals surface area contributed by atoms with Crippen molar-refractivity contribution < 1.29 is 0 Å². The van der Waals surface area contributed by atoms with Crippen LogP contribution in [0.3, 0.4) is 0 Å². The number of hydrogen-bond acceptors (Lipinski definition) is 3. The Kier molecular flexibility index (Phi) is 4.79. The average Bonchev–Trinajstić information content (AvgIpc) is 2.96. The van der Waals surface area contributed by atoms with Crippen LogP contribution in [0.4, 0.5) is 0 Å². The standard InChI is InChI=1S/C17H26N6/c1-3-17(9-6-10-17)13-20-16(18-2)19-11-8-15-22-21-14-7-4-5-12-23(14)15/h4-5,7,12H,3,6,8-11,13H2,1-2H3,(H2,18,19,20).